The standard InChI is InChI=1S/C12H23NO3/c1-11(2,3)16-10(14)15-8-9(13)12(4)6-5-7-12/h9H,5-8,13H2,1-4H3/t9-/m0/s1. The average Bonchev–Trinajstić information content (AvgIpc) is 2.07. The molecule has 4 nitrogen and oxygen atoms in total. The Morgan fingerprint density at radius 1 is 1.44 bits per heavy atom. The topological polar surface area (TPSA) is 61.5 Å². The average molecular weight is 229 g/mol. The van der Waals surface area contributed by atoms with Crippen LogP contribution in [0.3, 0.4) is 0 Å². The van der Waals surface area contributed by atoms with Crippen LogP contribution in [-0.4, -0.2) is 24.4 Å². The number of nitrogens with two attached hydrogens (primary N) is 1. The minimum Gasteiger partial charge on any atom is -0.433 e. The minimum absolute atomic E-state index is 0.0891. The van der Waals surface area contributed by atoms with Crippen LogP contribution in [0.4, 0.5) is 4.79 Å². The van der Waals surface area contributed by atoms with Crippen molar-refractivity contribution in [2.45, 2.75) is 58.6 Å². The van der Waals surface area contributed by atoms with Gasteiger partial charge in [-0.1, -0.05) is 13.3 Å². The molecule has 1 rings (SSSR count). The molecule has 0 spiro atoms. The molecule has 0 saturated heterocycles. The molecular weight excluding hydrogens is 206 g/mol. The molecule has 0 aromatic heterocycles. The fraction of sp³-hybridized carbons (Fsp3) is 0.917. The fourth-order valence-electron chi connectivity index (χ4n) is 1.74. The zero-order valence-electron chi connectivity index (χ0n) is 10.7. The molecule has 0 aromatic carbocycles. The predicted octanol–water partition coefficient (Wildman–Crippen LogP) is 2.46. The Kier molecular flexibility index (Phi) is 3.84. The smallest absolute Gasteiger partial charge is 0.433 e. The van der Waals surface area contributed by atoms with Crippen LogP contribution >= 0.6 is 0 Å². The number of hydrogen-bond donors (Lipinski definition) is 1. The van der Waals surface area contributed by atoms with Crippen molar-refractivity contribution in [3.8, 4) is 0 Å². The Labute approximate surface area is 97.5 Å². The molecule has 0 amide bonds. The first-order valence-corrected chi connectivity index (χ1v) is 5.84. The molecule has 1 saturated carbocycles. The van der Waals surface area contributed by atoms with E-state index in [1.54, 1.807) is 20.8 Å². The predicted molar refractivity (Wildman–Crippen MR) is 62.1 cm³/mol. The summed E-state index contributed by atoms with van der Waals surface area (Å²) in [6.45, 7) is 7.80. The van der Waals surface area contributed by atoms with Crippen LogP contribution < -0.4 is 5.73 Å². The third kappa shape index (κ3) is 3.67. The molecule has 0 heterocycles. The van der Waals surface area contributed by atoms with Crippen molar-refractivity contribution < 1.29 is 14.3 Å². The van der Waals surface area contributed by atoms with Gasteiger partial charge in [-0.3, -0.25) is 0 Å². The maximum atomic E-state index is 11.3. The van der Waals surface area contributed by atoms with Gasteiger partial charge in [0, 0.05) is 6.04 Å². The van der Waals surface area contributed by atoms with Gasteiger partial charge in [-0.2, -0.15) is 0 Å². The van der Waals surface area contributed by atoms with E-state index in [1.807, 2.05) is 0 Å². The summed E-state index contributed by atoms with van der Waals surface area (Å²) in [5, 5.41) is 0. The lowest BCUT2D eigenvalue weighted by molar-refractivity contribution is -0.0206. The van der Waals surface area contributed by atoms with Crippen LogP contribution in [-0.2, 0) is 9.47 Å². The zero-order chi connectivity index (χ0) is 12.4. The first-order chi connectivity index (χ1) is 7.23. The van der Waals surface area contributed by atoms with E-state index in [9.17, 15) is 4.79 Å². The van der Waals surface area contributed by atoms with Crippen molar-refractivity contribution in [3.05, 3.63) is 0 Å². The summed E-state index contributed by atoms with van der Waals surface area (Å²) in [5.41, 5.74) is 5.62. The van der Waals surface area contributed by atoms with Crippen molar-refractivity contribution in [2.24, 2.45) is 11.1 Å². The highest BCUT2D eigenvalue weighted by atomic mass is 16.7. The van der Waals surface area contributed by atoms with E-state index in [-0.39, 0.29) is 18.1 Å². The van der Waals surface area contributed by atoms with Gasteiger partial charge in [-0.25, -0.2) is 4.79 Å². The van der Waals surface area contributed by atoms with Crippen molar-refractivity contribution in [3.63, 3.8) is 0 Å². The van der Waals surface area contributed by atoms with Crippen LogP contribution in [0.1, 0.15) is 47.0 Å². The largest absolute Gasteiger partial charge is 0.508 e. The highest BCUT2D eigenvalue weighted by Gasteiger charge is 2.38. The molecule has 2 N–H and O–H groups in total. The summed E-state index contributed by atoms with van der Waals surface area (Å²) in [6.07, 6.45) is 2.82. The molecule has 0 radical (unpaired) electrons. The molecule has 0 aliphatic heterocycles. The maximum Gasteiger partial charge on any atom is 0.508 e. The molecule has 1 fully saturated rings. The van der Waals surface area contributed by atoms with Gasteiger partial charge in [0.15, 0.2) is 0 Å². The quantitative estimate of drug-likeness (QED) is 0.755. The second kappa shape index (κ2) is 4.62. The Morgan fingerprint density at radius 2 is 2.00 bits per heavy atom. The molecule has 94 valence electrons. The van der Waals surface area contributed by atoms with E-state index in [0.717, 1.165) is 12.8 Å². The van der Waals surface area contributed by atoms with Crippen LogP contribution in [0.25, 0.3) is 0 Å². The van der Waals surface area contributed by atoms with Gasteiger partial charge in [0.2, 0.25) is 0 Å². The van der Waals surface area contributed by atoms with Crippen molar-refractivity contribution in [1.82, 2.24) is 0 Å². The fourth-order valence-corrected chi connectivity index (χ4v) is 1.74. The molecule has 16 heavy (non-hydrogen) atoms. The lowest BCUT2D eigenvalue weighted by Crippen LogP contribution is -2.47. The van der Waals surface area contributed by atoms with Crippen molar-refractivity contribution >= 4 is 6.16 Å². The number of ether oxygens (including phenoxy) is 2. The van der Waals surface area contributed by atoms with Gasteiger partial charge in [-0.05, 0) is 39.0 Å². The highest BCUT2D eigenvalue weighted by Crippen LogP contribution is 2.42. The third-order valence-electron chi connectivity index (χ3n) is 3.16. The number of carbonyl (C=O) groups is 1. The zero-order valence-corrected chi connectivity index (χ0v) is 10.7. The summed E-state index contributed by atoms with van der Waals surface area (Å²) >= 11 is 0. The Morgan fingerprint density at radius 3 is 2.38 bits per heavy atom. The van der Waals surface area contributed by atoms with Gasteiger partial charge >= 0.3 is 6.16 Å². The highest BCUT2D eigenvalue weighted by molar-refractivity contribution is 5.60. The summed E-state index contributed by atoms with van der Waals surface area (Å²) in [4.78, 5) is 11.3. The molecule has 0 unspecified atom stereocenters. The molecule has 0 aromatic rings. The van der Waals surface area contributed by atoms with Crippen LogP contribution in [0.5, 0.6) is 0 Å². The van der Waals surface area contributed by atoms with Gasteiger partial charge in [0.25, 0.3) is 0 Å². The first-order valence-electron chi connectivity index (χ1n) is 5.84. The van der Waals surface area contributed by atoms with Gasteiger partial charge in [0.05, 0.1) is 0 Å². The number of rotatable bonds is 3. The molecule has 1 aliphatic rings. The van der Waals surface area contributed by atoms with Crippen LogP contribution in [0.15, 0.2) is 0 Å². The second-order valence-electron chi connectivity index (χ2n) is 5.89. The maximum absolute atomic E-state index is 11.3. The van der Waals surface area contributed by atoms with E-state index < -0.39 is 11.8 Å². The summed E-state index contributed by atoms with van der Waals surface area (Å²) in [6, 6.07) is -0.0891. The third-order valence-corrected chi connectivity index (χ3v) is 3.16. The lowest BCUT2D eigenvalue weighted by atomic mass is 9.66. The molecule has 4 heteroatoms. The Hall–Kier alpha value is -0.770. The van der Waals surface area contributed by atoms with E-state index >= 15 is 0 Å². The van der Waals surface area contributed by atoms with E-state index in [4.69, 9.17) is 15.2 Å². The number of carbonyl (C=O) groups excluding carboxylic acids is 1. The normalized spacial score (nSPS) is 20.8. The lowest BCUT2D eigenvalue weighted by Gasteiger charge is -2.42. The summed E-state index contributed by atoms with van der Waals surface area (Å²) < 4.78 is 10.1. The van der Waals surface area contributed by atoms with Gasteiger partial charge in [-0.15, -0.1) is 0 Å². The van der Waals surface area contributed by atoms with Crippen molar-refractivity contribution in [1.29, 1.82) is 0 Å². The monoisotopic (exact) mass is 229 g/mol. The summed E-state index contributed by atoms with van der Waals surface area (Å²) in [5.74, 6) is 0. The van der Waals surface area contributed by atoms with Crippen LogP contribution in [0, 0.1) is 5.41 Å². The molecule has 0 bridgehead atoms. The van der Waals surface area contributed by atoms with Crippen molar-refractivity contribution in [2.75, 3.05) is 6.61 Å². The van der Waals surface area contributed by atoms with E-state index in [0.29, 0.717) is 0 Å². The van der Waals surface area contributed by atoms with Gasteiger partial charge < -0.3 is 15.2 Å². The summed E-state index contributed by atoms with van der Waals surface area (Å²) in [7, 11) is 0. The minimum atomic E-state index is -0.633. The first kappa shape index (κ1) is 13.3. The molecule has 1 aliphatic carbocycles. The van der Waals surface area contributed by atoms with Crippen LogP contribution in [0.2, 0.25) is 0 Å². The van der Waals surface area contributed by atoms with E-state index in [2.05, 4.69) is 6.92 Å². The SMILES string of the molecule is CC(C)(C)OC(=O)OC[C@H](N)C1(C)CCC1. The Bertz CT molecular complexity index is 253. The molecular formula is C12H23NO3. The Balaban J connectivity index is 2.26. The number of hydrogen-bond acceptors (Lipinski definition) is 4. The van der Waals surface area contributed by atoms with E-state index in [1.165, 1.54) is 6.42 Å². The molecule has 1 atom stereocenters. The van der Waals surface area contributed by atoms with Gasteiger partial charge in [0.1, 0.15) is 12.2 Å². The second-order valence-corrected chi connectivity index (χ2v) is 5.89.